The van der Waals surface area contributed by atoms with Crippen molar-refractivity contribution in [2.24, 2.45) is 0 Å². The van der Waals surface area contributed by atoms with E-state index in [0.29, 0.717) is 5.75 Å². The van der Waals surface area contributed by atoms with E-state index < -0.39 is 17.8 Å². The van der Waals surface area contributed by atoms with Crippen LogP contribution in [0.4, 0.5) is 23.7 Å². The summed E-state index contributed by atoms with van der Waals surface area (Å²) in [7, 11) is 0. The van der Waals surface area contributed by atoms with E-state index in [1.807, 2.05) is 6.07 Å². The third-order valence-corrected chi connectivity index (χ3v) is 3.76. The molecule has 0 aliphatic carbocycles. The average Bonchev–Trinajstić information content (AvgIpc) is 2.57. The van der Waals surface area contributed by atoms with E-state index in [-0.39, 0.29) is 30.6 Å². The van der Waals surface area contributed by atoms with Gasteiger partial charge in [0.25, 0.3) is 0 Å². The number of rotatable bonds is 3. The molecule has 0 bridgehead atoms. The number of para-hydroxylation sites is 1. The number of ether oxygens (including phenoxy) is 1. The molecule has 2 amide bonds. The van der Waals surface area contributed by atoms with Crippen LogP contribution in [0.25, 0.3) is 0 Å². The molecular weight excluding hydrogens is 349 g/mol. The lowest BCUT2D eigenvalue weighted by Gasteiger charge is -2.38. The molecule has 134 valence electrons. The minimum absolute atomic E-state index is 0.209. The Hall–Kier alpha value is -3.28. The minimum atomic E-state index is -4.55. The summed E-state index contributed by atoms with van der Waals surface area (Å²) >= 11 is 0. The van der Waals surface area contributed by atoms with Crippen LogP contribution in [-0.2, 0) is 6.18 Å². The number of aromatic nitrogens is 1. The second-order valence-electron chi connectivity index (χ2n) is 5.61. The molecule has 1 aromatic heterocycles. The molecule has 0 unspecified atom stereocenters. The van der Waals surface area contributed by atoms with Gasteiger partial charge in [-0.05, 0) is 18.2 Å². The number of urea groups is 1. The number of likely N-dealkylation sites (tertiary alicyclic amines) is 1. The van der Waals surface area contributed by atoms with Crippen LogP contribution < -0.4 is 10.1 Å². The summed E-state index contributed by atoms with van der Waals surface area (Å²) in [5.41, 5.74) is -0.982. The Morgan fingerprint density at radius 3 is 2.73 bits per heavy atom. The smallest absolute Gasteiger partial charge is 0.418 e. The molecule has 1 N–H and O–H groups in total. The van der Waals surface area contributed by atoms with Crippen LogP contribution in [0.1, 0.15) is 11.3 Å². The summed E-state index contributed by atoms with van der Waals surface area (Å²) in [5.74, 6) is 0.448. The summed E-state index contributed by atoms with van der Waals surface area (Å²) in [5, 5.41) is 11.1. The van der Waals surface area contributed by atoms with Crippen LogP contribution in [0.2, 0.25) is 0 Å². The van der Waals surface area contributed by atoms with E-state index in [2.05, 4.69) is 10.3 Å². The monoisotopic (exact) mass is 362 g/mol. The Morgan fingerprint density at radius 2 is 2.04 bits per heavy atom. The Kier molecular flexibility index (Phi) is 4.67. The van der Waals surface area contributed by atoms with Gasteiger partial charge < -0.3 is 15.0 Å². The van der Waals surface area contributed by atoms with Crippen molar-refractivity contribution >= 4 is 11.7 Å². The first-order chi connectivity index (χ1) is 12.4. The first-order valence-electron chi connectivity index (χ1n) is 7.62. The van der Waals surface area contributed by atoms with Crippen LogP contribution in [0.5, 0.6) is 5.75 Å². The molecule has 26 heavy (non-hydrogen) atoms. The van der Waals surface area contributed by atoms with Crippen molar-refractivity contribution in [1.82, 2.24) is 9.88 Å². The Morgan fingerprint density at radius 1 is 1.31 bits per heavy atom. The number of benzene rings is 1. The van der Waals surface area contributed by atoms with Gasteiger partial charge >= 0.3 is 12.2 Å². The zero-order valence-corrected chi connectivity index (χ0v) is 13.3. The number of alkyl halides is 3. The van der Waals surface area contributed by atoms with E-state index >= 15 is 0 Å². The van der Waals surface area contributed by atoms with Gasteiger partial charge in [-0.15, -0.1) is 0 Å². The number of carbonyl (C=O) groups is 1. The molecule has 0 radical (unpaired) electrons. The van der Waals surface area contributed by atoms with Crippen LogP contribution in [-0.4, -0.2) is 35.1 Å². The van der Waals surface area contributed by atoms with E-state index in [4.69, 9.17) is 10.00 Å². The number of halogens is 3. The fourth-order valence-electron chi connectivity index (χ4n) is 2.45. The predicted molar refractivity (Wildman–Crippen MR) is 85.4 cm³/mol. The maximum Gasteiger partial charge on any atom is 0.418 e. The lowest BCUT2D eigenvalue weighted by molar-refractivity contribution is -0.136. The van der Waals surface area contributed by atoms with Gasteiger partial charge in [-0.3, -0.25) is 0 Å². The number of nitrogens with one attached hydrogen (secondary N) is 1. The van der Waals surface area contributed by atoms with Crippen LogP contribution in [0.15, 0.2) is 42.6 Å². The molecule has 1 fully saturated rings. The van der Waals surface area contributed by atoms with Gasteiger partial charge in [0.05, 0.1) is 24.3 Å². The number of hydrogen-bond acceptors (Lipinski definition) is 4. The number of pyridine rings is 1. The van der Waals surface area contributed by atoms with Gasteiger partial charge in [0.2, 0.25) is 0 Å². The number of hydrogen-bond donors (Lipinski definition) is 1. The summed E-state index contributed by atoms with van der Waals surface area (Å²) in [6.07, 6.45) is -3.41. The molecule has 2 aromatic rings. The number of anilines is 1. The van der Waals surface area contributed by atoms with Gasteiger partial charge in [0.1, 0.15) is 23.6 Å². The number of nitriles is 1. The van der Waals surface area contributed by atoms with Crippen molar-refractivity contribution in [2.75, 3.05) is 18.4 Å². The molecule has 2 heterocycles. The summed E-state index contributed by atoms with van der Waals surface area (Å²) in [6.45, 7) is 0.453. The minimum Gasteiger partial charge on any atom is -0.487 e. The largest absolute Gasteiger partial charge is 0.487 e. The predicted octanol–water partition coefficient (Wildman–Crippen LogP) is 3.27. The van der Waals surface area contributed by atoms with Crippen molar-refractivity contribution in [3.05, 3.63) is 53.9 Å². The van der Waals surface area contributed by atoms with Gasteiger partial charge in [-0.2, -0.15) is 18.4 Å². The fraction of sp³-hybridized carbons (Fsp3) is 0.235. The average molecular weight is 362 g/mol. The summed E-state index contributed by atoms with van der Waals surface area (Å²) in [6, 6.07) is 9.11. The topological polar surface area (TPSA) is 78.2 Å². The Balaban J connectivity index is 1.57. The zero-order chi connectivity index (χ0) is 18.7. The van der Waals surface area contributed by atoms with Gasteiger partial charge in [-0.1, -0.05) is 12.1 Å². The molecule has 1 aliphatic rings. The molecule has 1 saturated heterocycles. The van der Waals surface area contributed by atoms with E-state index in [1.165, 1.54) is 35.4 Å². The molecule has 0 spiro atoms. The number of amides is 2. The van der Waals surface area contributed by atoms with Crippen molar-refractivity contribution in [3.8, 4) is 11.8 Å². The summed E-state index contributed by atoms with van der Waals surface area (Å²) < 4.78 is 44.5. The molecule has 9 heteroatoms. The molecule has 1 aliphatic heterocycles. The first kappa shape index (κ1) is 17.5. The SMILES string of the molecule is N#Cc1cc(OC2CN(C(=O)Nc3ccccc3C(F)(F)F)C2)ccn1. The van der Waals surface area contributed by atoms with Crippen LogP contribution in [0, 0.1) is 11.3 Å². The quantitative estimate of drug-likeness (QED) is 0.909. The van der Waals surface area contributed by atoms with E-state index in [0.717, 1.165) is 6.07 Å². The Labute approximate surface area is 146 Å². The lowest BCUT2D eigenvalue weighted by Crippen LogP contribution is -2.57. The molecule has 1 aromatic carbocycles. The highest BCUT2D eigenvalue weighted by molar-refractivity contribution is 5.90. The second-order valence-corrected chi connectivity index (χ2v) is 5.61. The molecule has 0 saturated carbocycles. The Bertz CT molecular complexity index is 858. The number of carbonyl (C=O) groups excluding carboxylic acids is 1. The van der Waals surface area contributed by atoms with Crippen molar-refractivity contribution in [3.63, 3.8) is 0 Å². The third kappa shape index (κ3) is 3.85. The highest BCUT2D eigenvalue weighted by atomic mass is 19.4. The molecule has 3 rings (SSSR count). The normalized spacial score (nSPS) is 14.3. The van der Waals surface area contributed by atoms with E-state index in [9.17, 15) is 18.0 Å². The maximum atomic E-state index is 12.9. The molecular formula is C17H13F3N4O2. The van der Waals surface area contributed by atoms with Crippen molar-refractivity contribution in [1.29, 1.82) is 5.26 Å². The standard InChI is InChI=1S/C17H13F3N4O2/c18-17(19,20)14-3-1-2-4-15(14)23-16(25)24-9-13(10-24)26-12-5-6-22-11(7-12)8-21/h1-7,13H,9-10H2,(H,23,25). The zero-order valence-electron chi connectivity index (χ0n) is 13.3. The van der Waals surface area contributed by atoms with E-state index in [1.54, 1.807) is 6.07 Å². The molecule has 6 nitrogen and oxygen atoms in total. The van der Waals surface area contributed by atoms with Crippen molar-refractivity contribution < 1.29 is 22.7 Å². The van der Waals surface area contributed by atoms with Crippen molar-refractivity contribution in [2.45, 2.75) is 12.3 Å². The van der Waals surface area contributed by atoms with Crippen LogP contribution >= 0.6 is 0 Å². The third-order valence-electron chi connectivity index (χ3n) is 3.76. The van der Waals surface area contributed by atoms with Crippen LogP contribution in [0.3, 0.4) is 0 Å². The maximum absolute atomic E-state index is 12.9. The highest BCUT2D eigenvalue weighted by Crippen LogP contribution is 2.34. The summed E-state index contributed by atoms with van der Waals surface area (Å²) in [4.78, 5) is 17.3. The molecule has 0 atom stereocenters. The number of nitrogens with zero attached hydrogens (tertiary/aromatic N) is 3. The van der Waals surface area contributed by atoms with Gasteiger partial charge in [0.15, 0.2) is 0 Å². The van der Waals surface area contributed by atoms with Gasteiger partial charge in [0, 0.05) is 12.3 Å². The fourth-order valence-corrected chi connectivity index (χ4v) is 2.45. The van der Waals surface area contributed by atoms with Gasteiger partial charge in [-0.25, -0.2) is 9.78 Å². The lowest BCUT2D eigenvalue weighted by atomic mass is 10.1. The highest BCUT2D eigenvalue weighted by Gasteiger charge is 2.36. The first-order valence-corrected chi connectivity index (χ1v) is 7.62. The second kappa shape index (κ2) is 6.92.